The van der Waals surface area contributed by atoms with E-state index in [1.54, 1.807) is 11.0 Å². The fraction of sp³-hybridized carbons (Fsp3) is 0.318. The smallest absolute Gasteiger partial charge is 0.256 e. The molecule has 28 heavy (non-hydrogen) atoms. The fourth-order valence-electron chi connectivity index (χ4n) is 3.87. The highest BCUT2D eigenvalue weighted by Crippen LogP contribution is 2.25. The van der Waals surface area contributed by atoms with Gasteiger partial charge in [-0.2, -0.15) is 5.10 Å². The van der Waals surface area contributed by atoms with Crippen molar-refractivity contribution in [2.24, 2.45) is 5.92 Å². The highest BCUT2D eigenvalue weighted by Gasteiger charge is 2.29. The molecular formula is C22H24N4O2. The van der Waals surface area contributed by atoms with Gasteiger partial charge in [-0.25, -0.2) is 9.67 Å². The van der Waals surface area contributed by atoms with Crippen LogP contribution in [0.5, 0.6) is 0 Å². The van der Waals surface area contributed by atoms with Crippen molar-refractivity contribution < 1.29 is 9.90 Å². The lowest BCUT2D eigenvalue weighted by molar-refractivity contribution is 0.0467. The van der Waals surface area contributed by atoms with Crippen LogP contribution in [0.25, 0.3) is 5.69 Å². The second-order valence-corrected chi connectivity index (χ2v) is 7.24. The Morgan fingerprint density at radius 2 is 1.79 bits per heavy atom. The minimum absolute atomic E-state index is 0.00194. The van der Waals surface area contributed by atoms with Crippen LogP contribution in [0.4, 0.5) is 0 Å². The molecule has 1 saturated heterocycles. The van der Waals surface area contributed by atoms with Gasteiger partial charge < -0.3 is 10.0 Å². The summed E-state index contributed by atoms with van der Waals surface area (Å²) in [5, 5.41) is 14.8. The van der Waals surface area contributed by atoms with Crippen molar-refractivity contribution in [3.05, 3.63) is 78.4 Å². The number of carbonyl (C=O) groups excluding carboxylic acids is 1. The van der Waals surface area contributed by atoms with Crippen LogP contribution in [0.15, 0.2) is 67.3 Å². The van der Waals surface area contributed by atoms with Gasteiger partial charge in [0.2, 0.25) is 0 Å². The standard InChI is InChI=1S/C22H24N4O2/c27-21(14-17-6-2-1-3-7-17)18-10-12-25(13-11-18)22(28)19-8-4-5-9-20(19)26-16-23-15-24-26/h1-9,15-16,18,21,27H,10-14H2. The first-order valence-corrected chi connectivity index (χ1v) is 9.67. The van der Waals surface area contributed by atoms with Crippen molar-refractivity contribution >= 4 is 5.91 Å². The zero-order chi connectivity index (χ0) is 19.3. The van der Waals surface area contributed by atoms with Crippen LogP contribution in [0.2, 0.25) is 0 Å². The van der Waals surface area contributed by atoms with E-state index in [1.807, 2.05) is 59.5 Å². The van der Waals surface area contributed by atoms with Crippen molar-refractivity contribution in [1.29, 1.82) is 0 Å². The zero-order valence-electron chi connectivity index (χ0n) is 15.7. The van der Waals surface area contributed by atoms with Gasteiger partial charge in [0, 0.05) is 13.1 Å². The van der Waals surface area contributed by atoms with Crippen molar-refractivity contribution in [1.82, 2.24) is 19.7 Å². The second kappa shape index (κ2) is 8.35. The number of aliphatic hydroxyl groups excluding tert-OH is 1. The second-order valence-electron chi connectivity index (χ2n) is 7.24. The van der Waals surface area contributed by atoms with Crippen LogP contribution in [0.3, 0.4) is 0 Å². The van der Waals surface area contributed by atoms with Gasteiger partial charge in [0.15, 0.2) is 0 Å². The zero-order valence-corrected chi connectivity index (χ0v) is 15.7. The Morgan fingerprint density at radius 3 is 2.50 bits per heavy atom. The molecule has 3 aromatic rings. The Labute approximate surface area is 164 Å². The molecule has 1 aromatic heterocycles. The van der Waals surface area contributed by atoms with E-state index >= 15 is 0 Å². The summed E-state index contributed by atoms with van der Waals surface area (Å²) in [5.41, 5.74) is 2.50. The maximum atomic E-state index is 13.1. The van der Waals surface area contributed by atoms with Crippen LogP contribution in [-0.4, -0.2) is 49.9 Å². The molecule has 1 amide bonds. The average Bonchev–Trinajstić information content (AvgIpc) is 3.29. The summed E-state index contributed by atoms with van der Waals surface area (Å²) in [4.78, 5) is 18.9. The molecule has 144 valence electrons. The Morgan fingerprint density at radius 1 is 1.07 bits per heavy atom. The molecule has 0 aliphatic carbocycles. The van der Waals surface area contributed by atoms with E-state index in [2.05, 4.69) is 10.1 Å². The van der Waals surface area contributed by atoms with E-state index in [0.29, 0.717) is 25.1 Å². The largest absolute Gasteiger partial charge is 0.392 e. The Bertz CT molecular complexity index is 903. The summed E-state index contributed by atoms with van der Waals surface area (Å²) < 4.78 is 1.61. The predicted molar refractivity (Wildman–Crippen MR) is 106 cm³/mol. The lowest BCUT2D eigenvalue weighted by Gasteiger charge is -2.34. The molecule has 0 saturated carbocycles. The maximum Gasteiger partial charge on any atom is 0.256 e. The topological polar surface area (TPSA) is 71.2 Å². The molecule has 1 unspecified atom stereocenters. The van der Waals surface area contributed by atoms with E-state index in [1.165, 1.54) is 6.33 Å². The number of likely N-dealkylation sites (tertiary alicyclic amines) is 1. The normalized spacial score (nSPS) is 16.1. The third-order valence-corrected chi connectivity index (χ3v) is 5.46. The number of carbonyl (C=O) groups is 1. The summed E-state index contributed by atoms with van der Waals surface area (Å²) in [6.45, 7) is 1.31. The van der Waals surface area contributed by atoms with Gasteiger partial charge in [-0.05, 0) is 42.9 Å². The van der Waals surface area contributed by atoms with Gasteiger partial charge in [-0.15, -0.1) is 0 Å². The van der Waals surface area contributed by atoms with E-state index in [4.69, 9.17) is 0 Å². The Kier molecular flexibility index (Phi) is 5.48. The van der Waals surface area contributed by atoms with Gasteiger partial charge in [0.25, 0.3) is 5.91 Å². The van der Waals surface area contributed by atoms with Crippen molar-refractivity contribution in [3.8, 4) is 5.69 Å². The van der Waals surface area contributed by atoms with Crippen LogP contribution < -0.4 is 0 Å². The molecule has 1 aliphatic rings. The third-order valence-electron chi connectivity index (χ3n) is 5.46. The van der Waals surface area contributed by atoms with Gasteiger partial charge in [0.1, 0.15) is 12.7 Å². The number of rotatable bonds is 5. The molecule has 1 atom stereocenters. The SMILES string of the molecule is O=C(c1ccccc1-n1cncn1)N1CCC(C(O)Cc2ccccc2)CC1. The van der Waals surface area contributed by atoms with Crippen LogP contribution in [0, 0.1) is 5.92 Å². The molecule has 0 spiro atoms. The molecule has 2 heterocycles. The number of para-hydroxylation sites is 1. The molecule has 0 bridgehead atoms. The summed E-state index contributed by atoms with van der Waals surface area (Å²) in [5.74, 6) is 0.219. The number of nitrogens with zero attached hydrogens (tertiary/aromatic N) is 4. The summed E-state index contributed by atoms with van der Waals surface area (Å²) in [6.07, 6.45) is 4.96. The van der Waals surface area contributed by atoms with E-state index in [0.717, 1.165) is 24.1 Å². The third kappa shape index (κ3) is 3.97. The summed E-state index contributed by atoms with van der Waals surface area (Å²) >= 11 is 0. The first-order valence-electron chi connectivity index (χ1n) is 9.67. The first kappa shape index (κ1) is 18.4. The van der Waals surface area contributed by atoms with Crippen LogP contribution in [0.1, 0.15) is 28.8 Å². The molecule has 1 aliphatic heterocycles. The fourth-order valence-corrected chi connectivity index (χ4v) is 3.87. The number of aliphatic hydroxyl groups is 1. The van der Waals surface area contributed by atoms with Crippen LogP contribution in [-0.2, 0) is 6.42 Å². The monoisotopic (exact) mass is 376 g/mol. The molecule has 1 fully saturated rings. The minimum Gasteiger partial charge on any atom is -0.392 e. The summed E-state index contributed by atoms with van der Waals surface area (Å²) in [6, 6.07) is 17.5. The van der Waals surface area contributed by atoms with E-state index < -0.39 is 0 Å². The van der Waals surface area contributed by atoms with Crippen molar-refractivity contribution in [3.63, 3.8) is 0 Å². The van der Waals surface area contributed by atoms with Gasteiger partial charge in [-0.3, -0.25) is 4.79 Å². The molecule has 0 radical (unpaired) electrons. The number of benzene rings is 2. The number of amides is 1. The van der Waals surface area contributed by atoms with Gasteiger partial charge in [-0.1, -0.05) is 42.5 Å². The molecule has 6 heteroatoms. The Balaban J connectivity index is 1.40. The number of piperidine rings is 1. The highest BCUT2D eigenvalue weighted by atomic mass is 16.3. The van der Waals surface area contributed by atoms with Gasteiger partial charge >= 0.3 is 0 Å². The lowest BCUT2D eigenvalue weighted by Crippen LogP contribution is -2.42. The highest BCUT2D eigenvalue weighted by molar-refractivity contribution is 5.97. The predicted octanol–water partition coefficient (Wildman–Crippen LogP) is 2.72. The van der Waals surface area contributed by atoms with Crippen LogP contribution >= 0.6 is 0 Å². The molecule has 6 nitrogen and oxygen atoms in total. The van der Waals surface area contributed by atoms with Crippen molar-refractivity contribution in [2.75, 3.05) is 13.1 Å². The maximum absolute atomic E-state index is 13.1. The average molecular weight is 376 g/mol. The molecular weight excluding hydrogens is 352 g/mol. The van der Waals surface area contributed by atoms with Gasteiger partial charge in [0.05, 0.1) is 17.4 Å². The Hall–Kier alpha value is -2.99. The first-order chi connectivity index (χ1) is 13.7. The molecule has 2 aromatic carbocycles. The molecule has 4 rings (SSSR count). The number of hydrogen-bond donors (Lipinski definition) is 1. The number of aromatic nitrogens is 3. The molecule has 1 N–H and O–H groups in total. The lowest BCUT2D eigenvalue weighted by atomic mass is 9.87. The quantitative estimate of drug-likeness (QED) is 0.743. The summed E-state index contributed by atoms with van der Waals surface area (Å²) in [7, 11) is 0. The van der Waals surface area contributed by atoms with Crippen molar-refractivity contribution in [2.45, 2.75) is 25.4 Å². The minimum atomic E-state index is -0.373. The van der Waals surface area contributed by atoms with E-state index in [-0.39, 0.29) is 17.9 Å². The number of hydrogen-bond acceptors (Lipinski definition) is 4. The van der Waals surface area contributed by atoms with E-state index in [9.17, 15) is 9.90 Å².